The molecule has 0 bridgehead atoms. The summed E-state index contributed by atoms with van der Waals surface area (Å²) in [6.07, 6.45) is -3.47. The summed E-state index contributed by atoms with van der Waals surface area (Å²) in [5.41, 5.74) is 1.91. The van der Waals surface area contributed by atoms with Crippen LogP contribution in [0.1, 0.15) is 11.1 Å². The van der Waals surface area contributed by atoms with Crippen molar-refractivity contribution in [1.29, 1.82) is 0 Å². The molecule has 126 valence electrons. The Kier molecular flexibility index (Phi) is 5.56. The fourth-order valence-electron chi connectivity index (χ4n) is 2.56. The molecule has 0 saturated carbocycles. The number of esters is 1. The molecule has 5 heteroatoms. The number of halogens is 1. The third-order valence-electron chi connectivity index (χ3n) is 3.83. The molecule has 1 fully saturated rings. The molecule has 1 saturated heterocycles. The van der Waals surface area contributed by atoms with Gasteiger partial charge in [0.1, 0.15) is 6.10 Å². The monoisotopic (exact) mass is 330 g/mol. The maximum Gasteiger partial charge on any atom is 0.344 e. The summed E-state index contributed by atoms with van der Waals surface area (Å²) in [5, 5.41) is 0. The van der Waals surface area contributed by atoms with Gasteiger partial charge in [-0.2, -0.15) is 0 Å². The second kappa shape index (κ2) is 8.04. The maximum absolute atomic E-state index is 14.0. The first-order valence-corrected chi connectivity index (χ1v) is 7.86. The minimum absolute atomic E-state index is 0.0977. The third-order valence-corrected chi connectivity index (χ3v) is 3.83. The van der Waals surface area contributed by atoms with Gasteiger partial charge in [-0.15, -0.1) is 0 Å². The van der Waals surface area contributed by atoms with Gasteiger partial charge in [0.2, 0.25) is 6.17 Å². The SMILES string of the molecule is O=C1OC(COCc2ccccc2)[C@@H](OCc2ccccc2)[C@H]1F. The second-order valence-corrected chi connectivity index (χ2v) is 5.64. The van der Waals surface area contributed by atoms with Crippen LogP contribution in [-0.2, 0) is 32.2 Å². The lowest BCUT2D eigenvalue weighted by Crippen LogP contribution is -2.34. The van der Waals surface area contributed by atoms with E-state index in [2.05, 4.69) is 0 Å². The number of cyclic esters (lactones) is 1. The van der Waals surface area contributed by atoms with Crippen molar-refractivity contribution < 1.29 is 23.4 Å². The summed E-state index contributed by atoms with van der Waals surface area (Å²) in [5.74, 6) is -0.888. The number of hydrogen-bond donors (Lipinski definition) is 0. The molecule has 0 aliphatic carbocycles. The molecule has 1 heterocycles. The Morgan fingerprint density at radius 3 is 2.12 bits per heavy atom. The van der Waals surface area contributed by atoms with E-state index in [1.807, 2.05) is 60.7 Å². The van der Waals surface area contributed by atoms with Gasteiger partial charge in [-0.1, -0.05) is 60.7 Å². The van der Waals surface area contributed by atoms with Crippen LogP contribution in [0, 0.1) is 0 Å². The first-order chi connectivity index (χ1) is 11.7. The number of benzene rings is 2. The van der Waals surface area contributed by atoms with Crippen molar-refractivity contribution in [3.05, 3.63) is 71.8 Å². The molecule has 2 aromatic carbocycles. The molecular formula is C19H19FO4. The van der Waals surface area contributed by atoms with E-state index in [1.165, 1.54) is 0 Å². The van der Waals surface area contributed by atoms with E-state index in [4.69, 9.17) is 14.2 Å². The molecule has 1 aliphatic rings. The number of rotatable bonds is 7. The molecule has 0 aromatic heterocycles. The van der Waals surface area contributed by atoms with Gasteiger partial charge in [-0.3, -0.25) is 0 Å². The Balaban J connectivity index is 1.53. The van der Waals surface area contributed by atoms with Crippen molar-refractivity contribution in [3.8, 4) is 0 Å². The highest BCUT2D eigenvalue weighted by Crippen LogP contribution is 2.24. The lowest BCUT2D eigenvalue weighted by atomic mass is 10.1. The molecule has 0 amide bonds. The normalized spacial score (nSPS) is 23.2. The molecule has 3 atom stereocenters. The zero-order valence-corrected chi connectivity index (χ0v) is 13.1. The van der Waals surface area contributed by atoms with E-state index in [0.717, 1.165) is 11.1 Å². The number of alkyl halides is 1. The highest BCUT2D eigenvalue weighted by molar-refractivity contribution is 5.78. The summed E-state index contributed by atoms with van der Waals surface area (Å²) in [7, 11) is 0. The Bertz CT molecular complexity index is 647. The van der Waals surface area contributed by atoms with Crippen LogP contribution in [0.4, 0.5) is 4.39 Å². The number of ether oxygens (including phenoxy) is 3. The third kappa shape index (κ3) is 4.19. The van der Waals surface area contributed by atoms with E-state index in [0.29, 0.717) is 6.61 Å². The standard InChI is InChI=1S/C19H19FO4/c20-17-18(23-12-15-9-5-2-6-10-15)16(24-19(17)21)13-22-11-14-7-3-1-4-8-14/h1-10,16-18H,11-13H2/t16?,17-,18-/m1/s1. The van der Waals surface area contributed by atoms with Crippen molar-refractivity contribution >= 4 is 5.97 Å². The zero-order valence-electron chi connectivity index (χ0n) is 13.1. The number of carbonyl (C=O) groups is 1. The Morgan fingerprint density at radius 1 is 0.917 bits per heavy atom. The van der Waals surface area contributed by atoms with E-state index >= 15 is 0 Å². The van der Waals surface area contributed by atoms with Gasteiger partial charge in [0.15, 0.2) is 6.10 Å². The molecule has 2 aromatic rings. The molecule has 1 unspecified atom stereocenters. The van der Waals surface area contributed by atoms with Crippen LogP contribution in [0.3, 0.4) is 0 Å². The zero-order chi connectivity index (χ0) is 16.8. The van der Waals surface area contributed by atoms with Crippen LogP contribution in [-0.4, -0.2) is 31.0 Å². The maximum atomic E-state index is 14.0. The molecule has 4 nitrogen and oxygen atoms in total. The summed E-state index contributed by atoms with van der Waals surface area (Å²) < 4.78 is 30.2. The summed E-state index contributed by atoms with van der Waals surface area (Å²) in [6.45, 7) is 0.690. The molecular weight excluding hydrogens is 311 g/mol. The van der Waals surface area contributed by atoms with Crippen molar-refractivity contribution in [2.45, 2.75) is 31.6 Å². The van der Waals surface area contributed by atoms with Crippen LogP contribution >= 0.6 is 0 Å². The van der Waals surface area contributed by atoms with Gasteiger partial charge < -0.3 is 14.2 Å². The fraction of sp³-hybridized carbons (Fsp3) is 0.316. The molecule has 0 radical (unpaired) electrons. The van der Waals surface area contributed by atoms with E-state index in [-0.39, 0.29) is 13.2 Å². The lowest BCUT2D eigenvalue weighted by Gasteiger charge is -2.19. The van der Waals surface area contributed by atoms with Crippen molar-refractivity contribution in [1.82, 2.24) is 0 Å². The lowest BCUT2D eigenvalue weighted by molar-refractivity contribution is -0.147. The minimum Gasteiger partial charge on any atom is -0.455 e. The fourth-order valence-corrected chi connectivity index (χ4v) is 2.56. The van der Waals surface area contributed by atoms with Gasteiger partial charge in [0.25, 0.3) is 0 Å². The first-order valence-electron chi connectivity index (χ1n) is 7.86. The molecule has 0 spiro atoms. The quantitative estimate of drug-likeness (QED) is 0.732. The molecule has 24 heavy (non-hydrogen) atoms. The molecule has 3 rings (SSSR count). The van der Waals surface area contributed by atoms with Crippen LogP contribution in [0.5, 0.6) is 0 Å². The highest BCUT2D eigenvalue weighted by atomic mass is 19.1. The van der Waals surface area contributed by atoms with E-state index in [1.54, 1.807) is 0 Å². The van der Waals surface area contributed by atoms with Gasteiger partial charge in [0.05, 0.1) is 19.8 Å². The number of hydrogen-bond acceptors (Lipinski definition) is 4. The number of carbonyl (C=O) groups excluding carboxylic acids is 1. The topological polar surface area (TPSA) is 44.8 Å². The average molecular weight is 330 g/mol. The largest absolute Gasteiger partial charge is 0.455 e. The van der Waals surface area contributed by atoms with Crippen LogP contribution in [0.2, 0.25) is 0 Å². The summed E-state index contributed by atoms with van der Waals surface area (Å²) >= 11 is 0. The molecule has 0 N–H and O–H groups in total. The van der Waals surface area contributed by atoms with Gasteiger partial charge in [0, 0.05) is 0 Å². The Hall–Kier alpha value is -2.24. The van der Waals surface area contributed by atoms with Gasteiger partial charge in [-0.25, -0.2) is 9.18 Å². The predicted molar refractivity (Wildman–Crippen MR) is 85.9 cm³/mol. The average Bonchev–Trinajstić information content (AvgIpc) is 2.89. The van der Waals surface area contributed by atoms with Crippen LogP contribution < -0.4 is 0 Å². The van der Waals surface area contributed by atoms with E-state index < -0.39 is 24.3 Å². The van der Waals surface area contributed by atoms with E-state index in [9.17, 15) is 9.18 Å². The van der Waals surface area contributed by atoms with Crippen LogP contribution in [0.25, 0.3) is 0 Å². The van der Waals surface area contributed by atoms with Crippen molar-refractivity contribution in [2.24, 2.45) is 0 Å². The second-order valence-electron chi connectivity index (χ2n) is 5.64. The van der Waals surface area contributed by atoms with Crippen molar-refractivity contribution in [3.63, 3.8) is 0 Å². The Labute approximate surface area is 140 Å². The summed E-state index contributed by atoms with van der Waals surface area (Å²) in [4.78, 5) is 11.5. The first kappa shape index (κ1) is 16.6. The Morgan fingerprint density at radius 2 is 1.50 bits per heavy atom. The molecule has 1 aliphatic heterocycles. The van der Waals surface area contributed by atoms with Crippen LogP contribution in [0.15, 0.2) is 60.7 Å². The highest BCUT2D eigenvalue weighted by Gasteiger charge is 2.46. The minimum atomic E-state index is -1.78. The van der Waals surface area contributed by atoms with Crippen molar-refractivity contribution in [2.75, 3.05) is 6.61 Å². The smallest absolute Gasteiger partial charge is 0.344 e. The van der Waals surface area contributed by atoms with Gasteiger partial charge in [-0.05, 0) is 11.1 Å². The van der Waals surface area contributed by atoms with Gasteiger partial charge >= 0.3 is 5.97 Å². The summed E-state index contributed by atoms with van der Waals surface area (Å²) in [6, 6.07) is 19.0. The predicted octanol–water partition coefficient (Wildman–Crippen LogP) is 3.05.